The number of benzene rings is 2. The normalized spacial score (nSPS) is 12.7. The largest absolute Gasteiger partial charge is 0.450 e. The number of amides is 2. The Kier molecular flexibility index (Phi) is 6.90. The van der Waals surface area contributed by atoms with Gasteiger partial charge in [-0.2, -0.15) is 0 Å². The van der Waals surface area contributed by atoms with E-state index in [0.717, 1.165) is 17.7 Å². The Morgan fingerprint density at radius 3 is 2.54 bits per heavy atom. The average Bonchev–Trinajstić information content (AvgIpc) is 2.83. The lowest BCUT2D eigenvalue weighted by atomic mass is 10.1. The lowest BCUT2D eigenvalue weighted by Crippen LogP contribution is -2.42. The van der Waals surface area contributed by atoms with Gasteiger partial charge in [0.25, 0.3) is 5.56 Å². The van der Waals surface area contributed by atoms with Crippen LogP contribution in [0.1, 0.15) is 23.7 Å². The summed E-state index contributed by atoms with van der Waals surface area (Å²) in [5.74, 6) is -2.46. The molecule has 2 heterocycles. The van der Waals surface area contributed by atoms with E-state index in [2.05, 4.69) is 10.3 Å². The van der Waals surface area contributed by atoms with E-state index in [1.165, 1.54) is 15.5 Å². The van der Waals surface area contributed by atoms with Crippen LogP contribution in [0.15, 0.2) is 47.3 Å². The fourth-order valence-corrected chi connectivity index (χ4v) is 3.89. The van der Waals surface area contributed by atoms with Gasteiger partial charge in [-0.25, -0.2) is 18.6 Å². The number of aryl methyl sites for hydroxylation is 1. The number of anilines is 1. The second-order valence-electron chi connectivity index (χ2n) is 8.17. The smallest absolute Gasteiger partial charge is 0.410 e. The van der Waals surface area contributed by atoms with E-state index in [4.69, 9.17) is 4.74 Å². The fourth-order valence-electron chi connectivity index (χ4n) is 3.89. The van der Waals surface area contributed by atoms with Gasteiger partial charge >= 0.3 is 6.09 Å². The van der Waals surface area contributed by atoms with Gasteiger partial charge in [-0.05, 0) is 32.4 Å². The summed E-state index contributed by atoms with van der Waals surface area (Å²) in [5.41, 5.74) is 2.16. The van der Waals surface area contributed by atoms with Gasteiger partial charge in [0, 0.05) is 29.4 Å². The fraction of sp³-hybridized carbons (Fsp3) is 0.280. The molecule has 0 atom stereocenters. The van der Waals surface area contributed by atoms with Gasteiger partial charge in [0.2, 0.25) is 5.91 Å². The van der Waals surface area contributed by atoms with Crippen LogP contribution in [0.2, 0.25) is 0 Å². The molecule has 2 aromatic carbocycles. The second kappa shape index (κ2) is 10.0. The Hall–Kier alpha value is -4.08. The summed E-state index contributed by atoms with van der Waals surface area (Å²) in [4.78, 5) is 44.6. The molecular weight excluding hydrogens is 458 g/mol. The molecule has 0 radical (unpaired) electrons. The molecule has 35 heavy (non-hydrogen) atoms. The molecule has 182 valence electrons. The Morgan fingerprint density at radius 1 is 1.11 bits per heavy atom. The van der Waals surface area contributed by atoms with Crippen LogP contribution in [0, 0.1) is 18.6 Å². The van der Waals surface area contributed by atoms with Crippen molar-refractivity contribution >= 4 is 17.7 Å². The minimum absolute atomic E-state index is 0.0647. The monoisotopic (exact) mass is 482 g/mol. The van der Waals surface area contributed by atoms with E-state index in [-0.39, 0.29) is 44.2 Å². The number of carbonyl (C=O) groups is 2. The highest BCUT2D eigenvalue weighted by atomic mass is 19.2. The number of halogens is 2. The first-order valence-electron chi connectivity index (χ1n) is 11.1. The molecule has 0 saturated carbocycles. The van der Waals surface area contributed by atoms with Crippen molar-refractivity contribution in [2.24, 2.45) is 0 Å². The van der Waals surface area contributed by atoms with E-state index in [1.807, 2.05) is 19.1 Å². The summed E-state index contributed by atoms with van der Waals surface area (Å²) >= 11 is 0. The molecule has 1 N–H and O–H groups in total. The van der Waals surface area contributed by atoms with Crippen molar-refractivity contribution in [3.8, 4) is 11.4 Å². The van der Waals surface area contributed by atoms with E-state index >= 15 is 0 Å². The van der Waals surface area contributed by atoms with E-state index in [1.54, 1.807) is 19.1 Å². The van der Waals surface area contributed by atoms with Crippen LogP contribution in [0.5, 0.6) is 0 Å². The van der Waals surface area contributed by atoms with Crippen LogP contribution in [-0.2, 0) is 29.0 Å². The van der Waals surface area contributed by atoms with Crippen molar-refractivity contribution in [2.75, 3.05) is 18.5 Å². The molecule has 10 heteroatoms. The summed E-state index contributed by atoms with van der Waals surface area (Å²) in [7, 11) is 0. The van der Waals surface area contributed by atoms with E-state index in [0.29, 0.717) is 16.8 Å². The number of aromatic nitrogens is 2. The third kappa shape index (κ3) is 5.21. The Bertz CT molecular complexity index is 1340. The van der Waals surface area contributed by atoms with Gasteiger partial charge < -0.3 is 15.0 Å². The minimum atomic E-state index is -1.10. The quantitative estimate of drug-likeness (QED) is 0.599. The molecule has 0 unspecified atom stereocenters. The number of nitrogens with zero attached hydrogens (tertiary/aromatic N) is 3. The maximum Gasteiger partial charge on any atom is 0.410 e. The van der Waals surface area contributed by atoms with Crippen LogP contribution in [0.3, 0.4) is 0 Å². The maximum absolute atomic E-state index is 13.5. The Labute approximate surface area is 200 Å². The first kappa shape index (κ1) is 24.1. The van der Waals surface area contributed by atoms with Crippen LogP contribution < -0.4 is 10.9 Å². The topological polar surface area (TPSA) is 93.5 Å². The summed E-state index contributed by atoms with van der Waals surface area (Å²) in [6.07, 6.45) is -0.217. The number of hydrogen-bond donors (Lipinski definition) is 1. The third-order valence-corrected chi connectivity index (χ3v) is 5.66. The zero-order chi connectivity index (χ0) is 25.1. The predicted octanol–water partition coefficient (Wildman–Crippen LogP) is 3.65. The highest BCUT2D eigenvalue weighted by molar-refractivity contribution is 5.90. The van der Waals surface area contributed by atoms with Crippen LogP contribution in [0.25, 0.3) is 11.4 Å². The predicted molar refractivity (Wildman–Crippen MR) is 125 cm³/mol. The second-order valence-corrected chi connectivity index (χ2v) is 8.17. The van der Waals surface area contributed by atoms with Crippen LogP contribution in [-0.4, -0.2) is 39.6 Å². The van der Waals surface area contributed by atoms with Crippen LogP contribution >= 0.6 is 0 Å². The van der Waals surface area contributed by atoms with E-state index in [9.17, 15) is 23.2 Å². The molecular formula is C25H24F2N4O4. The van der Waals surface area contributed by atoms with Crippen molar-refractivity contribution in [1.29, 1.82) is 0 Å². The van der Waals surface area contributed by atoms with Crippen molar-refractivity contribution in [3.63, 3.8) is 0 Å². The summed E-state index contributed by atoms with van der Waals surface area (Å²) < 4.78 is 33.1. The summed E-state index contributed by atoms with van der Waals surface area (Å²) in [6, 6.07) is 10.3. The highest BCUT2D eigenvalue weighted by Crippen LogP contribution is 2.22. The van der Waals surface area contributed by atoms with Crippen molar-refractivity contribution < 1.29 is 23.1 Å². The molecule has 1 aliphatic heterocycles. The van der Waals surface area contributed by atoms with Crippen LogP contribution in [0.4, 0.5) is 19.3 Å². The zero-order valence-corrected chi connectivity index (χ0v) is 19.3. The molecule has 0 bridgehead atoms. The number of rotatable bonds is 5. The molecule has 1 aromatic heterocycles. The van der Waals surface area contributed by atoms with Gasteiger partial charge in [0.15, 0.2) is 11.6 Å². The van der Waals surface area contributed by atoms with E-state index < -0.39 is 29.2 Å². The molecule has 0 fully saturated rings. The summed E-state index contributed by atoms with van der Waals surface area (Å²) in [6.45, 7) is 3.89. The Balaban J connectivity index is 1.71. The van der Waals surface area contributed by atoms with Gasteiger partial charge in [-0.3, -0.25) is 14.2 Å². The molecule has 8 nitrogen and oxygen atoms in total. The van der Waals surface area contributed by atoms with Crippen molar-refractivity contribution in [2.45, 2.75) is 33.4 Å². The Morgan fingerprint density at radius 2 is 1.86 bits per heavy atom. The maximum atomic E-state index is 13.5. The number of nitrogens with one attached hydrogen (secondary N) is 1. The lowest BCUT2D eigenvalue weighted by Gasteiger charge is -2.28. The molecule has 0 spiro atoms. The average molecular weight is 482 g/mol. The first-order valence-corrected chi connectivity index (χ1v) is 11.1. The van der Waals surface area contributed by atoms with Crippen molar-refractivity contribution in [1.82, 2.24) is 14.5 Å². The lowest BCUT2D eigenvalue weighted by molar-refractivity contribution is -0.116. The van der Waals surface area contributed by atoms with Gasteiger partial charge in [-0.15, -0.1) is 0 Å². The number of ether oxygens (including phenoxy) is 1. The number of hydrogen-bond acceptors (Lipinski definition) is 5. The molecule has 0 saturated heterocycles. The number of carbonyl (C=O) groups excluding carboxylic acids is 2. The summed E-state index contributed by atoms with van der Waals surface area (Å²) in [5, 5.41) is 2.49. The third-order valence-electron chi connectivity index (χ3n) is 5.66. The molecule has 1 aliphatic rings. The highest BCUT2D eigenvalue weighted by Gasteiger charge is 2.27. The zero-order valence-electron chi connectivity index (χ0n) is 19.3. The van der Waals surface area contributed by atoms with Gasteiger partial charge in [-0.1, -0.05) is 29.8 Å². The SMILES string of the molecule is CCOC(=O)N1CCc2c(nc(-c3ccc(C)cc3)n(CC(=O)Nc3ccc(F)c(F)c3)c2=O)C1. The van der Waals surface area contributed by atoms with Gasteiger partial charge in [0.1, 0.15) is 12.4 Å². The standard InChI is InChI=1S/C25H24F2N4O4/c1-3-35-25(34)30-11-10-18-21(13-30)29-23(16-6-4-15(2)5-7-16)31(24(18)33)14-22(32)28-17-8-9-19(26)20(27)12-17/h4-9,12H,3,10-11,13-14H2,1-2H3,(H,28,32). The minimum Gasteiger partial charge on any atom is -0.450 e. The molecule has 0 aliphatic carbocycles. The molecule has 3 aromatic rings. The first-order chi connectivity index (χ1) is 16.8. The number of fused-ring (bicyclic) bond motifs is 1. The molecule has 4 rings (SSSR count). The molecule has 2 amide bonds. The van der Waals surface area contributed by atoms with Crippen molar-refractivity contribution in [3.05, 3.63) is 81.3 Å². The van der Waals surface area contributed by atoms with Gasteiger partial charge in [0.05, 0.1) is 18.8 Å².